The average molecular weight is 187 g/mol. The molecule has 0 bridgehead atoms. The number of methoxy groups -OCH3 is 2. The van der Waals surface area contributed by atoms with E-state index in [2.05, 4.69) is 16.6 Å². The van der Waals surface area contributed by atoms with Crippen LogP contribution in [0.3, 0.4) is 0 Å². The largest absolute Gasteiger partial charge is 0.468 e. The molecule has 0 radical (unpaired) electrons. The smallest absolute Gasteiger partial charge is 0.327 e. The second-order valence-electron chi connectivity index (χ2n) is 2.75. The Kier molecular flexibility index (Phi) is 6.18. The first-order valence-electron chi connectivity index (χ1n) is 4.09. The summed E-state index contributed by atoms with van der Waals surface area (Å²) in [6, 6.07) is -0.430. The Morgan fingerprint density at radius 1 is 1.54 bits per heavy atom. The summed E-state index contributed by atoms with van der Waals surface area (Å²) in [7, 11) is 2.96. The van der Waals surface area contributed by atoms with Gasteiger partial charge >= 0.3 is 5.97 Å². The molecule has 0 heterocycles. The van der Waals surface area contributed by atoms with Crippen LogP contribution in [0.5, 0.6) is 0 Å². The Hall–Kier alpha value is -0.870. The van der Waals surface area contributed by atoms with E-state index in [1.165, 1.54) is 7.11 Å². The van der Waals surface area contributed by atoms with Crippen molar-refractivity contribution in [3.8, 4) is 0 Å². The van der Waals surface area contributed by atoms with Crippen LogP contribution in [0.1, 0.15) is 6.92 Å². The average Bonchev–Trinajstić information content (AvgIpc) is 2.11. The van der Waals surface area contributed by atoms with Crippen molar-refractivity contribution in [3.05, 3.63) is 12.2 Å². The molecule has 1 atom stereocenters. The molecule has 0 rings (SSSR count). The first-order valence-corrected chi connectivity index (χ1v) is 4.09. The van der Waals surface area contributed by atoms with Gasteiger partial charge in [-0.05, 0) is 6.92 Å². The molecular weight excluding hydrogens is 170 g/mol. The maximum atomic E-state index is 11.2. The summed E-state index contributed by atoms with van der Waals surface area (Å²) < 4.78 is 9.44. The summed E-state index contributed by atoms with van der Waals surface area (Å²) in [5.41, 5.74) is 0.739. The van der Waals surface area contributed by atoms with Crippen molar-refractivity contribution in [2.75, 3.05) is 27.4 Å². The summed E-state index contributed by atoms with van der Waals surface area (Å²) in [6.07, 6.45) is 0. The van der Waals surface area contributed by atoms with Crippen LogP contribution in [-0.4, -0.2) is 39.4 Å². The predicted octanol–water partition coefficient (Wildman–Crippen LogP) is 0.340. The fraction of sp³-hybridized carbons (Fsp3) is 0.667. The summed E-state index contributed by atoms with van der Waals surface area (Å²) in [5, 5.41) is 2.97. The Bertz CT molecular complexity index is 180. The molecule has 0 fully saturated rings. The lowest BCUT2D eigenvalue weighted by Gasteiger charge is -2.15. The Morgan fingerprint density at radius 2 is 2.15 bits per heavy atom. The lowest BCUT2D eigenvalue weighted by atomic mass is 10.1. The maximum absolute atomic E-state index is 11.2. The highest BCUT2D eigenvalue weighted by atomic mass is 16.5. The minimum Gasteiger partial charge on any atom is -0.468 e. The molecule has 0 amide bonds. The Labute approximate surface area is 78.9 Å². The molecule has 0 aliphatic rings. The normalized spacial score (nSPS) is 12.2. The minimum atomic E-state index is -0.430. The summed E-state index contributed by atoms with van der Waals surface area (Å²) in [5.74, 6) is -0.316. The van der Waals surface area contributed by atoms with Crippen LogP contribution in [0, 0.1) is 0 Å². The van der Waals surface area contributed by atoms with Gasteiger partial charge in [-0.25, -0.2) is 0 Å². The third-order valence-corrected chi connectivity index (χ3v) is 1.58. The molecule has 4 heteroatoms. The molecule has 0 saturated heterocycles. The van der Waals surface area contributed by atoms with Gasteiger partial charge in [0.15, 0.2) is 0 Å². The predicted molar refractivity (Wildman–Crippen MR) is 50.5 cm³/mol. The van der Waals surface area contributed by atoms with Crippen LogP contribution >= 0.6 is 0 Å². The molecule has 0 aromatic carbocycles. The van der Waals surface area contributed by atoms with Gasteiger partial charge in [0, 0.05) is 13.7 Å². The fourth-order valence-electron chi connectivity index (χ4n) is 0.882. The van der Waals surface area contributed by atoms with Crippen LogP contribution in [0.25, 0.3) is 0 Å². The third-order valence-electron chi connectivity index (χ3n) is 1.58. The Balaban J connectivity index is 3.95. The molecule has 0 saturated carbocycles. The molecule has 4 nitrogen and oxygen atoms in total. The molecule has 0 aliphatic carbocycles. The number of hydrogen-bond donors (Lipinski definition) is 1. The summed E-state index contributed by atoms with van der Waals surface area (Å²) in [6.45, 7) is 6.63. The molecule has 1 unspecified atom stereocenters. The molecule has 0 aromatic heterocycles. The molecule has 1 N–H and O–H groups in total. The van der Waals surface area contributed by atoms with E-state index in [0.29, 0.717) is 13.2 Å². The van der Waals surface area contributed by atoms with E-state index in [4.69, 9.17) is 4.74 Å². The van der Waals surface area contributed by atoms with Crippen LogP contribution in [0.2, 0.25) is 0 Å². The molecule has 76 valence electrons. The molecule has 13 heavy (non-hydrogen) atoms. The number of carbonyl (C=O) groups is 1. The lowest BCUT2D eigenvalue weighted by Crippen LogP contribution is -2.39. The maximum Gasteiger partial charge on any atom is 0.327 e. The topological polar surface area (TPSA) is 47.6 Å². The molecule has 0 aromatic rings. The van der Waals surface area contributed by atoms with Crippen molar-refractivity contribution in [2.24, 2.45) is 0 Å². The Morgan fingerprint density at radius 3 is 2.54 bits per heavy atom. The van der Waals surface area contributed by atoms with E-state index in [1.54, 1.807) is 14.0 Å². The van der Waals surface area contributed by atoms with Gasteiger partial charge in [0.25, 0.3) is 0 Å². The molecule has 0 spiro atoms. The van der Waals surface area contributed by atoms with Crippen LogP contribution in [0.4, 0.5) is 0 Å². The standard InChI is InChI=1S/C9H17NO3/c1-7(2)8(9(11)13-4)10-5-6-12-3/h8,10H,1,5-6H2,2-4H3. The summed E-state index contributed by atoms with van der Waals surface area (Å²) in [4.78, 5) is 11.2. The van der Waals surface area contributed by atoms with Crippen molar-refractivity contribution in [3.63, 3.8) is 0 Å². The van der Waals surface area contributed by atoms with E-state index >= 15 is 0 Å². The van der Waals surface area contributed by atoms with E-state index in [0.717, 1.165) is 5.57 Å². The minimum absolute atomic E-state index is 0.316. The van der Waals surface area contributed by atoms with Crippen molar-refractivity contribution >= 4 is 5.97 Å². The van der Waals surface area contributed by atoms with Crippen molar-refractivity contribution < 1.29 is 14.3 Å². The van der Waals surface area contributed by atoms with Gasteiger partial charge in [0.05, 0.1) is 13.7 Å². The summed E-state index contributed by atoms with van der Waals surface area (Å²) >= 11 is 0. The SMILES string of the molecule is C=C(C)C(NCCOC)C(=O)OC. The number of hydrogen-bond acceptors (Lipinski definition) is 4. The van der Waals surface area contributed by atoms with Crippen molar-refractivity contribution in [2.45, 2.75) is 13.0 Å². The second kappa shape index (κ2) is 6.62. The first kappa shape index (κ1) is 12.1. The van der Waals surface area contributed by atoms with Gasteiger partial charge in [-0.1, -0.05) is 12.2 Å². The number of ether oxygens (including phenoxy) is 2. The zero-order chi connectivity index (χ0) is 10.3. The second-order valence-corrected chi connectivity index (χ2v) is 2.75. The van der Waals surface area contributed by atoms with E-state index < -0.39 is 6.04 Å². The van der Waals surface area contributed by atoms with E-state index in [9.17, 15) is 4.79 Å². The number of rotatable bonds is 6. The van der Waals surface area contributed by atoms with Gasteiger partial charge in [0.1, 0.15) is 6.04 Å². The van der Waals surface area contributed by atoms with Gasteiger partial charge < -0.3 is 9.47 Å². The molecular formula is C9H17NO3. The monoisotopic (exact) mass is 187 g/mol. The van der Waals surface area contributed by atoms with Crippen molar-refractivity contribution in [1.29, 1.82) is 0 Å². The number of esters is 1. The van der Waals surface area contributed by atoms with Gasteiger partial charge in [-0.15, -0.1) is 0 Å². The quantitative estimate of drug-likeness (QED) is 0.370. The van der Waals surface area contributed by atoms with Crippen LogP contribution in [0.15, 0.2) is 12.2 Å². The highest BCUT2D eigenvalue weighted by Gasteiger charge is 2.18. The zero-order valence-electron chi connectivity index (χ0n) is 8.42. The van der Waals surface area contributed by atoms with E-state index in [1.807, 2.05) is 0 Å². The lowest BCUT2D eigenvalue weighted by molar-refractivity contribution is -0.142. The van der Waals surface area contributed by atoms with Gasteiger partial charge in [-0.3, -0.25) is 10.1 Å². The zero-order valence-corrected chi connectivity index (χ0v) is 8.42. The molecule has 0 aliphatic heterocycles. The van der Waals surface area contributed by atoms with Gasteiger partial charge in [-0.2, -0.15) is 0 Å². The van der Waals surface area contributed by atoms with Crippen LogP contribution < -0.4 is 5.32 Å². The van der Waals surface area contributed by atoms with E-state index in [-0.39, 0.29) is 5.97 Å². The third kappa shape index (κ3) is 4.65. The number of carbonyl (C=O) groups excluding carboxylic acids is 1. The number of nitrogens with one attached hydrogen (secondary N) is 1. The first-order chi connectivity index (χ1) is 6.13. The van der Waals surface area contributed by atoms with Gasteiger partial charge in [0.2, 0.25) is 0 Å². The van der Waals surface area contributed by atoms with Crippen molar-refractivity contribution in [1.82, 2.24) is 5.32 Å². The van der Waals surface area contributed by atoms with Crippen LogP contribution in [-0.2, 0) is 14.3 Å². The fourth-order valence-corrected chi connectivity index (χ4v) is 0.882. The highest BCUT2D eigenvalue weighted by molar-refractivity contribution is 5.79. The highest BCUT2D eigenvalue weighted by Crippen LogP contribution is 1.99.